The summed E-state index contributed by atoms with van der Waals surface area (Å²) >= 11 is 6.13. The van der Waals surface area contributed by atoms with Crippen molar-refractivity contribution in [3.05, 3.63) is 125 Å². The Labute approximate surface area is 222 Å². The third-order valence-corrected chi connectivity index (χ3v) is 6.38. The number of benzene rings is 4. The van der Waals surface area contributed by atoms with Crippen LogP contribution >= 0.6 is 11.6 Å². The Morgan fingerprint density at radius 1 is 0.842 bits per heavy atom. The molecule has 2 amide bonds. The molecule has 0 aliphatic heterocycles. The lowest BCUT2D eigenvalue weighted by molar-refractivity contribution is -0.136. The van der Waals surface area contributed by atoms with Gasteiger partial charge in [-0.05, 0) is 59.0 Å². The van der Waals surface area contributed by atoms with E-state index in [4.69, 9.17) is 11.6 Å². The van der Waals surface area contributed by atoms with Gasteiger partial charge in [-0.15, -0.1) is 0 Å². The number of carbonyl (C=O) groups is 1. The number of urea groups is 1. The Morgan fingerprint density at radius 3 is 2.34 bits per heavy atom. The Balaban J connectivity index is 1.57. The molecule has 0 spiro atoms. The molecule has 4 aromatic carbocycles. The predicted molar refractivity (Wildman–Crippen MR) is 146 cm³/mol. The van der Waals surface area contributed by atoms with Crippen molar-refractivity contribution < 1.29 is 18.0 Å². The summed E-state index contributed by atoms with van der Waals surface area (Å²) in [5, 5.41) is 6.25. The summed E-state index contributed by atoms with van der Waals surface area (Å²) in [6.45, 7) is 0. The van der Waals surface area contributed by atoms with E-state index < -0.39 is 17.8 Å². The second-order valence-corrected chi connectivity index (χ2v) is 9.07. The van der Waals surface area contributed by atoms with Crippen molar-refractivity contribution >= 4 is 39.9 Å². The van der Waals surface area contributed by atoms with Crippen molar-refractivity contribution in [1.82, 2.24) is 4.98 Å². The average molecular weight is 532 g/mol. The summed E-state index contributed by atoms with van der Waals surface area (Å²) < 4.78 is 41.4. The molecule has 190 valence electrons. The van der Waals surface area contributed by atoms with Crippen LogP contribution in [0.4, 0.5) is 29.3 Å². The number of hydrogen-bond donors (Lipinski definition) is 2. The van der Waals surface area contributed by atoms with Gasteiger partial charge in [-0.3, -0.25) is 4.98 Å². The van der Waals surface area contributed by atoms with Gasteiger partial charge in [0.1, 0.15) is 0 Å². The molecule has 0 aliphatic rings. The van der Waals surface area contributed by atoms with Crippen LogP contribution in [0.25, 0.3) is 22.0 Å². The van der Waals surface area contributed by atoms with Gasteiger partial charge in [0.15, 0.2) is 0 Å². The molecule has 2 N–H and O–H groups in total. The topological polar surface area (TPSA) is 54.0 Å². The van der Waals surface area contributed by atoms with Crippen LogP contribution in [0.15, 0.2) is 103 Å². The van der Waals surface area contributed by atoms with Crippen LogP contribution in [-0.2, 0) is 12.6 Å². The van der Waals surface area contributed by atoms with Crippen molar-refractivity contribution in [2.24, 2.45) is 0 Å². The van der Waals surface area contributed by atoms with E-state index in [9.17, 15) is 18.0 Å². The number of alkyl halides is 3. The number of hydrogen-bond acceptors (Lipinski definition) is 2. The molecule has 0 saturated carbocycles. The van der Waals surface area contributed by atoms with Gasteiger partial charge in [0.25, 0.3) is 0 Å². The van der Waals surface area contributed by atoms with Gasteiger partial charge >= 0.3 is 12.2 Å². The van der Waals surface area contributed by atoms with Crippen LogP contribution in [0.5, 0.6) is 0 Å². The summed E-state index contributed by atoms with van der Waals surface area (Å²) in [4.78, 5) is 16.9. The van der Waals surface area contributed by atoms with Gasteiger partial charge in [0.05, 0.1) is 21.8 Å². The van der Waals surface area contributed by atoms with Crippen LogP contribution < -0.4 is 10.6 Å². The minimum atomic E-state index is -4.55. The van der Waals surface area contributed by atoms with Gasteiger partial charge < -0.3 is 10.6 Å². The maximum atomic E-state index is 13.8. The number of fused-ring (bicyclic) bond motifs is 1. The van der Waals surface area contributed by atoms with E-state index >= 15 is 0 Å². The number of amides is 2. The summed E-state index contributed by atoms with van der Waals surface area (Å²) in [7, 11) is 0. The quantitative estimate of drug-likeness (QED) is 0.238. The van der Waals surface area contributed by atoms with Gasteiger partial charge in [-0.25, -0.2) is 4.79 Å². The zero-order chi connectivity index (χ0) is 26.7. The molecule has 4 nitrogen and oxygen atoms in total. The highest BCUT2D eigenvalue weighted by Crippen LogP contribution is 2.39. The van der Waals surface area contributed by atoms with Crippen molar-refractivity contribution in [1.29, 1.82) is 0 Å². The normalized spacial score (nSPS) is 11.4. The van der Waals surface area contributed by atoms with Crippen LogP contribution in [0.1, 0.15) is 16.7 Å². The number of aromatic nitrogens is 1. The molecule has 38 heavy (non-hydrogen) atoms. The molecular weight excluding hydrogens is 511 g/mol. The first-order valence-electron chi connectivity index (χ1n) is 11.7. The number of carbonyl (C=O) groups excluding carboxylic acids is 1. The van der Waals surface area contributed by atoms with Crippen LogP contribution in [0.2, 0.25) is 5.02 Å². The zero-order valence-electron chi connectivity index (χ0n) is 19.9. The van der Waals surface area contributed by atoms with Crippen molar-refractivity contribution in [2.45, 2.75) is 12.6 Å². The Hall–Kier alpha value is -4.36. The third kappa shape index (κ3) is 5.48. The zero-order valence-corrected chi connectivity index (χ0v) is 20.6. The first-order chi connectivity index (χ1) is 18.3. The SMILES string of the molecule is O=C(Nc1cccc(-c2c(Cc3ccccc3)cnc3c(C(F)(F)F)cccc23)c1)Nc1ccccc1Cl. The summed E-state index contributed by atoms with van der Waals surface area (Å²) in [5.41, 5.74) is 3.04. The number of nitrogens with one attached hydrogen (secondary N) is 2. The molecule has 0 fully saturated rings. The summed E-state index contributed by atoms with van der Waals surface area (Å²) in [6.07, 6.45) is -2.57. The van der Waals surface area contributed by atoms with Gasteiger partial charge in [-0.2, -0.15) is 13.2 Å². The van der Waals surface area contributed by atoms with Gasteiger partial charge in [0.2, 0.25) is 0 Å². The van der Waals surface area contributed by atoms with Crippen LogP contribution in [0, 0.1) is 0 Å². The van der Waals surface area contributed by atoms with E-state index in [1.165, 1.54) is 12.3 Å². The maximum absolute atomic E-state index is 13.8. The fourth-order valence-electron chi connectivity index (χ4n) is 4.38. The Kier molecular flexibility index (Phi) is 7.03. The summed E-state index contributed by atoms with van der Waals surface area (Å²) in [5.74, 6) is 0. The first-order valence-corrected chi connectivity index (χ1v) is 12.1. The van der Waals surface area contributed by atoms with E-state index in [0.717, 1.165) is 17.2 Å². The molecule has 1 heterocycles. The lowest BCUT2D eigenvalue weighted by Crippen LogP contribution is -2.19. The fraction of sp³-hybridized carbons (Fsp3) is 0.0667. The van der Waals surface area contributed by atoms with Crippen molar-refractivity contribution in [3.8, 4) is 11.1 Å². The Morgan fingerprint density at radius 2 is 1.58 bits per heavy atom. The second kappa shape index (κ2) is 10.6. The molecular formula is C30H21ClF3N3O. The minimum Gasteiger partial charge on any atom is -0.308 e. The molecule has 0 bridgehead atoms. The lowest BCUT2D eigenvalue weighted by Gasteiger charge is -2.17. The Bertz CT molecular complexity index is 1620. The molecule has 0 unspecified atom stereocenters. The molecule has 0 aliphatic carbocycles. The highest BCUT2D eigenvalue weighted by atomic mass is 35.5. The minimum absolute atomic E-state index is 0.123. The van der Waals surface area contributed by atoms with E-state index in [2.05, 4.69) is 15.6 Å². The highest BCUT2D eigenvalue weighted by molar-refractivity contribution is 6.33. The number of pyridine rings is 1. The van der Waals surface area contributed by atoms with Crippen LogP contribution in [0.3, 0.4) is 0 Å². The van der Waals surface area contributed by atoms with Crippen LogP contribution in [-0.4, -0.2) is 11.0 Å². The molecule has 0 atom stereocenters. The smallest absolute Gasteiger partial charge is 0.308 e. The van der Waals surface area contributed by atoms with Gasteiger partial charge in [0, 0.05) is 17.3 Å². The van der Waals surface area contributed by atoms with E-state index in [0.29, 0.717) is 39.3 Å². The molecule has 1 aromatic heterocycles. The van der Waals surface area contributed by atoms with Crippen molar-refractivity contribution in [3.63, 3.8) is 0 Å². The van der Waals surface area contributed by atoms with E-state index in [-0.39, 0.29) is 5.52 Å². The average Bonchev–Trinajstić information content (AvgIpc) is 2.89. The number of rotatable bonds is 5. The first kappa shape index (κ1) is 25.3. The molecule has 5 rings (SSSR count). The van der Waals surface area contributed by atoms with Crippen molar-refractivity contribution in [2.75, 3.05) is 10.6 Å². The standard InChI is InChI=1S/C30H21ClF3N3O/c31-25-14-4-5-15-26(25)37-29(38)36-22-11-6-10-20(17-22)27-21(16-19-8-2-1-3-9-19)18-35-28-23(27)12-7-13-24(28)30(32,33)34/h1-15,17-18H,16H2,(H2,36,37,38). The molecule has 5 aromatic rings. The van der Waals surface area contributed by atoms with Gasteiger partial charge in [-0.1, -0.05) is 78.3 Å². The third-order valence-electron chi connectivity index (χ3n) is 6.05. The van der Waals surface area contributed by atoms with E-state index in [1.807, 2.05) is 30.3 Å². The molecule has 8 heteroatoms. The summed E-state index contributed by atoms with van der Waals surface area (Å²) in [6, 6.07) is 27.0. The highest BCUT2D eigenvalue weighted by Gasteiger charge is 2.33. The monoisotopic (exact) mass is 531 g/mol. The largest absolute Gasteiger partial charge is 0.418 e. The second-order valence-electron chi connectivity index (χ2n) is 8.66. The van der Waals surface area contributed by atoms with E-state index in [1.54, 1.807) is 54.6 Å². The number of para-hydroxylation sites is 2. The number of anilines is 2. The number of halogens is 4. The maximum Gasteiger partial charge on any atom is 0.418 e. The molecule has 0 radical (unpaired) electrons. The fourth-order valence-corrected chi connectivity index (χ4v) is 4.57. The number of nitrogens with zero attached hydrogens (tertiary/aromatic N) is 1. The lowest BCUT2D eigenvalue weighted by atomic mass is 9.91. The predicted octanol–water partition coefficient (Wildman–Crippen LogP) is 8.81. The molecule has 0 saturated heterocycles.